The largest absolute Gasteiger partial charge is 0.440 e. The summed E-state index contributed by atoms with van der Waals surface area (Å²) < 4.78 is 7.50. The van der Waals surface area contributed by atoms with Gasteiger partial charge in [-0.15, -0.1) is 0 Å². The number of hydrogen-bond donors (Lipinski definition) is 1. The van der Waals surface area contributed by atoms with Gasteiger partial charge in [0, 0.05) is 44.2 Å². The maximum atomic E-state index is 13.3. The molecule has 0 atom stereocenters. The molecule has 0 radical (unpaired) electrons. The van der Waals surface area contributed by atoms with Crippen molar-refractivity contribution >= 4 is 39.3 Å². The van der Waals surface area contributed by atoms with Crippen LogP contribution in [-0.4, -0.2) is 42.1 Å². The summed E-state index contributed by atoms with van der Waals surface area (Å²) in [6, 6.07) is 13.8. The van der Waals surface area contributed by atoms with Gasteiger partial charge >= 0.3 is 0 Å². The van der Waals surface area contributed by atoms with Gasteiger partial charge in [-0.1, -0.05) is 6.07 Å². The highest BCUT2D eigenvalue weighted by molar-refractivity contribution is 6.07. The number of rotatable bonds is 5. The Bertz CT molecular complexity index is 1590. The Labute approximate surface area is 208 Å². The molecule has 1 amide bonds. The molecule has 4 aromatic rings. The van der Waals surface area contributed by atoms with Crippen molar-refractivity contribution in [3.8, 4) is 6.07 Å². The average molecular weight is 485 g/mol. The van der Waals surface area contributed by atoms with Crippen LogP contribution in [0.4, 0.5) is 11.4 Å². The molecular weight excluding hydrogens is 456 g/mol. The van der Waals surface area contributed by atoms with Crippen molar-refractivity contribution in [2.75, 3.05) is 36.5 Å². The summed E-state index contributed by atoms with van der Waals surface area (Å²) in [6.07, 6.45) is 1.54. The number of oxazole rings is 1. The van der Waals surface area contributed by atoms with E-state index in [0.29, 0.717) is 24.3 Å². The molecule has 0 saturated carbocycles. The molecular formula is C27H28N6O3. The lowest BCUT2D eigenvalue weighted by Crippen LogP contribution is -2.38. The van der Waals surface area contributed by atoms with Crippen LogP contribution >= 0.6 is 0 Å². The first kappa shape index (κ1) is 23.4. The monoisotopic (exact) mass is 484 g/mol. The molecule has 184 valence electrons. The first-order valence-electron chi connectivity index (χ1n) is 11.9. The smallest absolute Gasteiger partial charge is 0.265 e. The number of anilines is 2. The van der Waals surface area contributed by atoms with E-state index in [9.17, 15) is 9.59 Å². The summed E-state index contributed by atoms with van der Waals surface area (Å²) in [5.41, 5.74) is 10.1. The van der Waals surface area contributed by atoms with Gasteiger partial charge in [-0.05, 0) is 55.7 Å². The Morgan fingerprint density at radius 3 is 2.69 bits per heavy atom. The highest BCUT2D eigenvalue weighted by atomic mass is 16.3. The number of carbonyl (C=O) groups is 1. The van der Waals surface area contributed by atoms with E-state index in [1.807, 2.05) is 50.4 Å². The summed E-state index contributed by atoms with van der Waals surface area (Å²) in [4.78, 5) is 34.3. The molecule has 2 aromatic heterocycles. The van der Waals surface area contributed by atoms with Crippen molar-refractivity contribution in [1.29, 1.82) is 5.26 Å². The lowest BCUT2D eigenvalue weighted by molar-refractivity contribution is 0.0999. The number of carbonyl (C=O) groups excluding carboxylic acids is 1. The zero-order valence-electron chi connectivity index (χ0n) is 20.6. The van der Waals surface area contributed by atoms with Crippen LogP contribution in [0.15, 0.2) is 45.6 Å². The van der Waals surface area contributed by atoms with Crippen molar-refractivity contribution in [2.24, 2.45) is 12.8 Å². The number of fused-ring (bicyclic) bond motifs is 2. The molecule has 2 aromatic carbocycles. The molecule has 0 bridgehead atoms. The number of aryl methyl sites for hydroxylation is 2. The second-order valence-electron chi connectivity index (χ2n) is 9.45. The number of benzene rings is 2. The van der Waals surface area contributed by atoms with E-state index < -0.39 is 11.5 Å². The lowest BCUT2D eigenvalue weighted by atomic mass is 9.95. The first-order valence-corrected chi connectivity index (χ1v) is 11.9. The van der Waals surface area contributed by atoms with Crippen molar-refractivity contribution in [3.05, 3.63) is 63.8 Å². The van der Waals surface area contributed by atoms with Crippen LogP contribution in [0.3, 0.4) is 0 Å². The Hall–Kier alpha value is -4.32. The van der Waals surface area contributed by atoms with Gasteiger partial charge in [0.2, 0.25) is 0 Å². The molecule has 5 rings (SSSR count). The minimum atomic E-state index is -0.741. The molecule has 1 aliphatic heterocycles. The zero-order valence-corrected chi connectivity index (χ0v) is 20.6. The maximum absolute atomic E-state index is 13.3. The van der Waals surface area contributed by atoms with Crippen molar-refractivity contribution in [1.82, 2.24) is 9.55 Å². The fourth-order valence-electron chi connectivity index (χ4n) is 5.08. The number of aromatic nitrogens is 2. The second kappa shape index (κ2) is 9.04. The molecule has 2 N–H and O–H groups in total. The van der Waals surface area contributed by atoms with E-state index in [1.54, 1.807) is 11.9 Å². The first-order chi connectivity index (χ1) is 17.3. The molecule has 9 heteroatoms. The Balaban J connectivity index is 1.52. The number of nitrogens with two attached hydrogens (primary N) is 1. The Kier molecular flexibility index (Phi) is 5.88. The van der Waals surface area contributed by atoms with Crippen LogP contribution in [0, 0.1) is 18.3 Å². The third-order valence-corrected chi connectivity index (χ3v) is 7.07. The zero-order chi connectivity index (χ0) is 25.6. The lowest BCUT2D eigenvalue weighted by Gasteiger charge is -2.34. The third-order valence-electron chi connectivity index (χ3n) is 7.07. The fourth-order valence-corrected chi connectivity index (χ4v) is 5.08. The SMILES string of the molecule is Cc1ccc2oc(C3CCN(c4c(C(N)=O)c(=O)n(C)c5cc(N(C)CC#N)ccc45)CC3)nc2c1. The molecule has 1 aliphatic rings. The number of amides is 1. The highest BCUT2D eigenvalue weighted by Gasteiger charge is 2.30. The van der Waals surface area contributed by atoms with Gasteiger partial charge in [0.15, 0.2) is 11.5 Å². The number of primary amides is 1. The van der Waals surface area contributed by atoms with Crippen molar-refractivity contribution < 1.29 is 9.21 Å². The number of nitriles is 1. The van der Waals surface area contributed by atoms with Crippen molar-refractivity contribution in [3.63, 3.8) is 0 Å². The van der Waals surface area contributed by atoms with E-state index in [1.165, 1.54) is 4.57 Å². The Morgan fingerprint density at radius 1 is 1.25 bits per heavy atom. The van der Waals surface area contributed by atoms with Crippen LogP contribution in [0.5, 0.6) is 0 Å². The number of pyridine rings is 1. The molecule has 36 heavy (non-hydrogen) atoms. The van der Waals surface area contributed by atoms with Gasteiger partial charge in [-0.25, -0.2) is 4.98 Å². The number of piperidine rings is 1. The van der Waals surface area contributed by atoms with E-state index in [0.717, 1.165) is 46.5 Å². The molecule has 9 nitrogen and oxygen atoms in total. The van der Waals surface area contributed by atoms with Crippen LogP contribution in [0.2, 0.25) is 0 Å². The Morgan fingerprint density at radius 2 is 2.00 bits per heavy atom. The maximum Gasteiger partial charge on any atom is 0.265 e. The predicted molar refractivity (Wildman–Crippen MR) is 140 cm³/mol. The molecule has 0 unspecified atom stereocenters. The van der Waals surface area contributed by atoms with Crippen molar-refractivity contribution in [2.45, 2.75) is 25.7 Å². The average Bonchev–Trinajstić information content (AvgIpc) is 3.29. The van der Waals surface area contributed by atoms with E-state index in [4.69, 9.17) is 20.4 Å². The summed E-state index contributed by atoms with van der Waals surface area (Å²) in [7, 11) is 3.45. The number of nitrogens with zero attached hydrogens (tertiary/aromatic N) is 5. The predicted octanol–water partition coefficient (Wildman–Crippen LogP) is 3.43. The molecule has 3 heterocycles. The summed E-state index contributed by atoms with van der Waals surface area (Å²) in [5, 5.41) is 9.84. The van der Waals surface area contributed by atoms with Gasteiger partial charge in [-0.2, -0.15) is 5.26 Å². The minimum Gasteiger partial charge on any atom is -0.440 e. The molecule has 0 aliphatic carbocycles. The van der Waals surface area contributed by atoms with Gasteiger partial charge in [0.25, 0.3) is 11.5 Å². The molecule has 0 spiro atoms. The minimum absolute atomic E-state index is 0.00100. The van der Waals surface area contributed by atoms with E-state index in [-0.39, 0.29) is 18.0 Å². The third kappa shape index (κ3) is 3.94. The summed E-state index contributed by atoms with van der Waals surface area (Å²) in [5.74, 6) is 0.133. The normalized spacial score (nSPS) is 14.3. The van der Waals surface area contributed by atoms with Gasteiger partial charge in [-0.3, -0.25) is 9.59 Å². The second-order valence-corrected chi connectivity index (χ2v) is 9.45. The van der Waals surface area contributed by atoms with E-state index >= 15 is 0 Å². The van der Waals surface area contributed by atoms with Gasteiger partial charge in [0.1, 0.15) is 17.6 Å². The fraction of sp³-hybridized carbons (Fsp3) is 0.333. The highest BCUT2D eigenvalue weighted by Crippen LogP contribution is 2.36. The van der Waals surface area contributed by atoms with Crippen LogP contribution in [0.1, 0.15) is 40.6 Å². The summed E-state index contributed by atoms with van der Waals surface area (Å²) in [6.45, 7) is 3.50. The van der Waals surface area contributed by atoms with Gasteiger partial charge < -0.3 is 24.5 Å². The van der Waals surface area contributed by atoms with Crippen LogP contribution < -0.4 is 21.1 Å². The van der Waals surface area contributed by atoms with Crippen LogP contribution in [0.25, 0.3) is 22.0 Å². The standard InChI is InChI=1S/C27H28N6O3/c1-16-4-7-22-20(14-16)30-26(36-22)17-8-11-33(12-9-17)24-19-6-5-18(31(2)13-10-28)15-21(19)32(3)27(35)23(24)25(29)34/h4-7,14-15,17H,8-9,11-13H2,1-3H3,(H2,29,34). The molecule has 1 saturated heterocycles. The van der Waals surface area contributed by atoms with Crippen LogP contribution in [-0.2, 0) is 7.05 Å². The number of hydrogen-bond acceptors (Lipinski definition) is 7. The summed E-state index contributed by atoms with van der Waals surface area (Å²) >= 11 is 0. The topological polar surface area (TPSA) is 121 Å². The molecule has 1 fully saturated rings. The van der Waals surface area contributed by atoms with Gasteiger partial charge in [0.05, 0.1) is 17.3 Å². The van der Waals surface area contributed by atoms with E-state index in [2.05, 4.69) is 11.0 Å². The quantitative estimate of drug-likeness (QED) is 0.431.